The van der Waals surface area contributed by atoms with Crippen LogP contribution in [0, 0.1) is 5.92 Å². The molecule has 0 spiro atoms. The lowest BCUT2D eigenvalue weighted by Crippen LogP contribution is -2.55. The number of Topliss-reactive ketones (excluding diaryl/α,β-unsaturated/α-hetero) is 1. The van der Waals surface area contributed by atoms with Gasteiger partial charge < -0.3 is 10.1 Å². The van der Waals surface area contributed by atoms with Crippen molar-refractivity contribution in [3.8, 4) is 0 Å². The van der Waals surface area contributed by atoms with Crippen LogP contribution in [-0.2, 0) is 9.53 Å². The Labute approximate surface area is 114 Å². The third kappa shape index (κ3) is 3.26. The zero-order chi connectivity index (χ0) is 13.8. The van der Waals surface area contributed by atoms with Gasteiger partial charge in [0.25, 0.3) is 0 Å². The Morgan fingerprint density at radius 3 is 3.00 bits per heavy atom. The molecule has 1 aliphatic carbocycles. The van der Waals surface area contributed by atoms with E-state index in [2.05, 4.69) is 21.9 Å². The molecular weight excluding hydrogens is 244 g/mol. The number of ketones is 1. The minimum absolute atomic E-state index is 0.148. The number of amides is 1. The highest BCUT2D eigenvalue weighted by atomic mass is 16.5. The Kier molecular flexibility index (Phi) is 4.80. The fourth-order valence-corrected chi connectivity index (χ4v) is 3.47. The third-order valence-electron chi connectivity index (χ3n) is 4.36. The van der Waals surface area contributed by atoms with Crippen LogP contribution in [0.2, 0.25) is 0 Å². The molecule has 2 fully saturated rings. The molecule has 3 atom stereocenters. The number of hydrogen-bond acceptors (Lipinski definition) is 4. The lowest BCUT2D eigenvalue weighted by Gasteiger charge is -2.45. The highest BCUT2D eigenvalue weighted by molar-refractivity contribution is 5.88. The number of fused-ring (bicyclic) bond motifs is 1. The zero-order valence-corrected chi connectivity index (χ0v) is 11.9. The van der Waals surface area contributed by atoms with Gasteiger partial charge in [-0.05, 0) is 44.7 Å². The van der Waals surface area contributed by atoms with E-state index < -0.39 is 6.09 Å². The molecule has 1 amide bonds. The van der Waals surface area contributed by atoms with Crippen LogP contribution < -0.4 is 5.32 Å². The molecule has 5 nitrogen and oxygen atoms in total. The Hall–Kier alpha value is -1.10. The summed E-state index contributed by atoms with van der Waals surface area (Å²) in [6.45, 7) is 4.36. The van der Waals surface area contributed by atoms with Crippen LogP contribution in [-0.4, -0.2) is 49.1 Å². The van der Waals surface area contributed by atoms with Crippen LogP contribution >= 0.6 is 0 Å². The summed E-state index contributed by atoms with van der Waals surface area (Å²) in [5.74, 6) is 0.676. The summed E-state index contributed by atoms with van der Waals surface area (Å²) in [4.78, 5) is 25.9. The molecule has 0 aromatic heterocycles. The van der Waals surface area contributed by atoms with Crippen molar-refractivity contribution in [2.45, 2.75) is 51.1 Å². The third-order valence-corrected chi connectivity index (χ3v) is 4.36. The Bertz CT molecular complexity index is 344. The van der Waals surface area contributed by atoms with Crippen LogP contribution in [0.5, 0.6) is 0 Å². The largest absolute Gasteiger partial charge is 0.453 e. The molecule has 1 aliphatic heterocycles. The van der Waals surface area contributed by atoms with E-state index in [1.165, 1.54) is 13.5 Å². The summed E-state index contributed by atoms with van der Waals surface area (Å²) in [6.07, 6.45) is 4.31. The summed E-state index contributed by atoms with van der Waals surface area (Å²) in [5, 5.41) is 2.67. The number of methoxy groups -OCH3 is 1. The summed E-state index contributed by atoms with van der Waals surface area (Å²) in [5.41, 5.74) is 0. The van der Waals surface area contributed by atoms with Gasteiger partial charge in [0, 0.05) is 12.5 Å². The second-order valence-electron chi connectivity index (χ2n) is 5.60. The summed E-state index contributed by atoms with van der Waals surface area (Å²) >= 11 is 0. The Morgan fingerprint density at radius 1 is 1.53 bits per heavy atom. The lowest BCUT2D eigenvalue weighted by atomic mass is 9.75. The monoisotopic (exact) mass is 268 g/mol. The molecule has 1 heterocycles. The number of alkyl carbamates (subject to hydrolysis) is 1. The lowest BCUT2D eigenvalue weighted by molar-refractivity contribution is -0.126. The van der Waals surface area contributed by atoms with Gasteiger partial charge in [-0.2, -0.15) is 0 Å². The first kappa shape index (κ1) is 14.3. The molecule has 19 heavy (non-hydrogen) atoms. The van der Waals surface area contributed by atoms with Crippen LogP contribution in [0.1, 0.15) is 39.0 Å². The van der Waals surface area contributed by atoms with Gasteiger partial charge in [0.15, 0.2) is 5.78 Å². The number of likely N-dealkylation sites (tertiary alicyclic amines) is 1. The van der Waals surface area contributed by atoms with Gasteiger partial charge in [-0.25, -0.2) is 4.79 Å². The van der Waals surface area contributed by atoms with E-state index in [1.807, 2.05) is 0 Å². The number of hydrogen-bond donors (Lipinski definition) is 1. The number of carbonyl (C=O) groups excluding carboxylic acids is 2. The molecule has 2 rings (SSSR count). The van der Waals surface area contributed by atoms with Gasteiger partial charge in [0.2, 0.25) is 0 Å². The molecule has 108 valence electrons. The average molecular weight is 268 g/mol. The number of piperidine rings is 1. The SMILES string of the molecule is CCCN1CCCC2CC(NC(=O)OC)C(=O)CC21. The van der Waals surface area contributed by atoms with Gasteiger partial charge >= 0.3 is 6.09 Å². The highest BCUT2D eigenvalue weighted by Crippen LogP contribution is 2.34. The fourth-order valence-electron chi connectivity index (χ4n) is 3.47. The van der Waals surface area contributed by atoms with Crippen molar-refractivity contribution in [1.29, 1.82) is 0 Å². The zero-order valence-electron chi connectivity index (χ0n) is 11.9. The first-order valence-electron chi connectivity index (χ1n) is 7.27. The average Bonchev–Trinajstić information content (AvgIpc) is 2.40. The first-order chi connectivity index (χ1) is 9.15. The van der Waals surface area contributed by atoms with Crippen molar-refractivity contribution in [2.75, 3.05) is 20.2 Å². The minimum Gasteiger partial charge on any atom is -0.453 e. The maximum absolute atomic E-state index is 12.2. The standard InChI is InChI=1S/C14H24N2O3/c1-3-6-16-7-4-5-10-8-11(15-14(18)19-2)13(17)9-12(10)16/h10-12H,3-9H2,1-2H3,(H,15,18). The van der Waals surface area contributed by atoms with E-state index in [-0.39, 0.29) is 11.8 Å². The molecular formula is C14H24N2O3. The van der Waals surface area contributed by atoms with E-state index in [0.29, 0.717) is 18.4 Å². The van der Waals surface area contributed by atoms with Crippen molar-refractivity contribution < 1.29 is 14.3 Å². The van der Waals surface area contributed by atoms with Crippen molar-refractivity contribution >= 4 is 11.9 Å². The molecule has 0 aromatic rings. The summed E-state index contributed by atoms with van der Waals surface area (Å²) < 4.78 is 4.58. The molecule has 0 aromatic carbocycles. The topological polar surface area (TPSA) is 58.6 Å². The van der Waals surface area contributed by atoms with Gasteiger partial charge in [-0.1, -0.05) is 6.92 Å². The number of nitrogens with zero attached hydrogens (tertiary/aromatic N) is 1. The molecule has 2 aliphatic rings. The van der Waals surface area contributed by atoms with E-state index in [4.69, 9.17) is 0 Å². The molecule has 1 saturated carbocycles. The van der Waals surface area contributed by atoms with E-state index in [0.717, 1.165) is 32.4 Å². The Balaban J connectivity index is 1.99. The van der Waals surface area contributed by atoms with Crippen LogP contribution in [0.4, 0.5) is 4.79 Å². The Morgan fingerprint density at radius 2 is 2.32 bits per heavy atom. The number of rotatable bonds is 3. The predicted molar refractivity (Wildman–Crippen MR) is 71.9 cm³/mol. The quantitative estimate of drug-likeness (QED) is 0.844. The molecule has 1 N–H and O–H groups in total. The smallest absolute Gasteiger partial charge is 0.407 e. The molecule has 3 unspecified atom stereocenters. The van der Waals surface area contributed by atoms with Crippen molar-refractivity contribution in [2.24, 2.45) is 5.92 Å². The second kappa shape index (κ2) is 6.37. The number of ether oxygens (including phenoxy) is 1. The normalized spacial score (nSPS) is 31.7. The summed E-state index contributed by atoms with van der Waals surface area (Å²) in [6, 6.07) is 0.0344. The predicted octanol–water partition coefficient (Wildman–Crippen LogP) is 1.56. The number of nitrogens with one attached hydrogen (secondary N) is 1. The van der Waals surface area contributed by atoms with Crippen molar-refractivity contribution in [3.63, 3.8) is 0 Å². The van der Waals surface area contributed by atoms with Crippen LogP contribution in [0.15, 0.2) is 0 Å². The molecule has 5 heteroatoms. The van der Waals surface area contributed by atoms with Gasteiger partial charge in [-0.3, -0.25) is 9.69 Å². The minimum atomic E-state index is -0.502. The van der Waals surface area contributed by atoms with Crippen LogP contribution in [0.25, 0.3) is 0 Å². The maximum atomic E-state index is 12.2. The summed E-state index contributed by atoms with van der Waals surface area (Å²) in [7, 11) is 1.33. The molecule has 1 saturated heterocycles. The maximum Gasteiger partial charge on any atom is 0.407 e. The molecule has 0 bridgehead atoms. The fraction of sp³-hybridized carbons (Fsp3) is 0.857. The van der Waals surface area contributed by atoms with E-state index in [9.17, 15) is 9.59 Å². The van der Waals surface area contributed by atoms with Gasteiger partial charge in [0.05, 0.1) is 13.2 Å². The van der Waals surface area contributed by atoms with E-state index >= 15 is 0 Å². The highest BCUT2D eigenvalue weighted by Gasteiger charge is 2.40. The van der Waals surface area contributed by atoms with Gasteiger partial charge in [0.1, 0.15) is 0 Å². The van der Waals surface area contributed by atoms with Crippen molar-refractivity contribution in [1.82, 2.24) is 10.2 Å². The second-order valence-corrected chi connectivity index (χ2v) is 5.60. The van der Waals surface area contributed by atoms with Gasteiger partial charge in [-0.15, -0.1) is 0 Å². The van der Waals surface area contributed by atoms with E-state index in [1.54, 1.807) is 0 Å². The van der Waals surface area contributed by atoms with Crippen LogP contribution in [0.3, 0.4) is 0 Å². The van der Waals surface area contributed by atoms with Crippen molar-refractivity contribution in [3.05, 3.63) is 0 Å². The first-order valence-corrected chi connectivity index (χ1v) is 7.27. The molecule has 0 radical (unpaired) electrons. The number of carbonyl (C=O) groups is 2.